The molecular formula is C54H62Cl4Zr-2. The molecule has 312 valence electrons. The summed E-state index contributed by atoms with van der Waals surface area (Å²) in [7, 11) is 0. The molecule has 3 aliphatic carbocycles. The molecule has 59 heavy (non-hydrogen) atoms. The summed E-state index contributed by atoms with van der Waals surface area (Å²) in [5, 5.41) is 1.57. The van der Waals surface area contributed by atoms with Crippen molar-refractivity contribution in [2.45, 2.75) is 113 Å². The molecule has 0 N–H and O–H groups in total. The number of halogens is 4. The Hall–Kier alpha value is -2.51. The van der Waals surface area contributed by atoms with Gasteiger partial charge in [-0.2, -0.15) is 29.3 Å². The summed E-state index contributed by atoms with van der Waals surface area (Å²) in [6.07, 6.45) is 7.41. The molecule has 0 aromatic heterocycles. The SMILES string of the molecule is CC(C)(C)C1=[C-]C(C)(C)c2cc3c(cc21)-c1cc2c(cc1C3)C(C)(C)C=C2C(C)(C)C.CC(C)(C)c1cc[cH-]c1.Cl.Cl.Clc1ccc([CH]=[Zr]=[CH]c2ccc(Cl)cc2)cc1. The summed E-state index contributed by atoms with van der Waals surface area (Å²) in [4.78, 5) is 0. The van der Waals surface area contributed by atoms with E-state index < -0.39 is 22.3 Å². The Labute approximate surface area is 389 Å². The first-order chi connectivity index (χ1) is 26.4. The van der Waals surface area contributed by atoms with Crippen LogP contribution in [0.2, 0.25) is 10.0 Å². The summed E-state index contributed by atoms with van der Waals surface area (Å²) in [6.45, 7) is 30.0. The van der Waals surface area contributed by atoms with Crippen molar-refractivity contribution < 1.29 is 22.3 Å². The number of allylic oxidation sites excluding steroid dienone is 4. The maximum absolute atomic E-state index is 5.84. The number of fused-ring (bicyclic) bond motifs is 5. The third kappa shape index (κ3) is 11.3. The van der Waals surface area contributed by atoms with Gasteiger partial charge in [-0.05, 0) is 62.3 Å². The van der Waals surface area contributed by atoms with Crippen molar-refractivity contribution in [2.75, 3.05) is 0 Å². The van der Waals surface area contributed by atoms with E-state index in [4.69, 9.17) is 23.2 Å². The number of hydrogen-bond donors (Lipinski definition) is 0. The van der Waals surface area contributed by atoms with Crippen LogP contribution in [0.5, 0.6) is 0 Å². The van der Waals surface area contributed by atoms with Crippen molar-refractivity contribution in [3.8, 4) is 11.1 Å². The van der Waals surface area contributed by atoms with E-state index in [1.807, 2.05) is 24.3 Å². The van der Waals surface area contributed by atoms with Crippen LogP contribution in [-0.2, 0) is 44.9 Å². The Morgan fingerprint density at radius 3 is 1.53 bits per heavy atom. The fourth-order valence-electron chi connectivity index (χ4n) is 8.17. The van der Waals surface area contributed by atoms with Gasteiger partial charge in [0.15, 0.2) is 0 Å². The third-order valence-electron chi connectivity index (χ3n) is 11.4. The Balaban J connectivity index is 0.000000230. The van der Waals surface area contributed by atoms with E-state index in [0.29, 0.717) is 5.41 Å². The summed E-state index contributed by atoms with van der Waals surface area (Å²) in [5.41, 5.74) is 19.2. The fraction of sp³-hybridized carbons (Fsp3) is 0.352. The van der Waals surface area contributed by atoms with Gasteiger partial charge in [0.25, 0.3) is 0 Å². The van der Waals surface area contributed by atoms with Crippen molar-refractivity contribution >= 4 is 66.6 Å². The molecule has 0 unspecified atom stereocenters. The minimum atomic E-state index is -0.623. The molecule has 0 atom stereocenters. The average molecular weight is 944 g/mol. The van der Waals surface area contributed by atoms with Gasteiger partial charge in [0.1, 0.15) is 0 Å². The van der Waals surface area contributed by atoms with E-state index in [9.17, 15) is 0 Å². The molecule has 5 heteroatoms. The van der Waals surface area contributed by atoms with Gasteiger partial charge in [0, 0.05) is 5.41 Å². The number of hydrogen-bond acceptors (Lipinski definition) is 0. The standard InChI is InChI=1S/C31H37.C9H13.2C7H5Cl.2ClH.Zr/c1-28(2,3)26-16-30(7,8)24-12-18-11-19-13-25-23(15-21(19)20(18)14-22(24)26)27(29(4,5)6)17-31(25,9)10;1-9(2,3)8-6-4-5-7-8;2*1-6-2-4-7(8)5-3-6;;;/h12-16H,11H2,1-10H3;4-7H,1-3H3;2*1-5H;2*1H;/q2*-1;;;;;. The molecule has 5 aromatic rings. The van der Waals surface area contributed by atoms with Crippen LogP contribution in [0.4, 0.5) is 0 Å². The molecule has 0 spiro atoms. The van der Waals surface area contributed by atoms with E-state index in [-0.39, 0.29) is 46.5 Å². The van der Waals surface area contributed by atoms with Crippen molar-refractivity contribution in [3.63, 3.8) is 0 Å². The normalized spacial score (nSPS) is 15.1. The molecule has 0 aliphatic heterocycles. The van der Waals surface area contributed by atoms with Gasteiger partial charge in [0.05, 0.1) is 0 Å². The summed E-state index contributed by atoms with van der Waals surface area (Å²) >= 11 is 11.0. The molecule has 0 amide bonds. The molecule has 0 saturated carbocycles. The predicted molar refractivity (Wildman–Crippen MR) is 263 cm³/mol. The molecule has 3 aliphatic rings. The van der Waals surface area contributed by atoms with Gasteiger partial charge in [-0.15, -0.1) is 36.4 Å². The van der Waals surface area contributed by atoms with E-state index in [1.54, 1.807) is 0 Å². The molecular weight excluding hydrogens is 882 g/mol. The predicted octanol–water partition coefficient (Wildman–Crippen LogP) is 16.1. The first kappa shape index (κ1) is 49.2. The van der Waals surface area contributed by atoms with Gasteiger partial charge in [-0.3, -0.25) is 6.08 Å². The van der Waals surface area contributed by atoms with Crippen LogP contribution in [0.25, 0.3) is 22.3 Å². The van der Waals surface area contributed by atoms with Crippen molar-refractivity contribution in [2.24, 2.45) is 10.8 Å². The number of rotatable bonds is 2. The Kier molecular flexibility index (Phi) is 15.4. The van der Waals surface area contributed by atoms with E-state index >= 15 is 0 Å². The zero-order valence-electron chi connectivity index (χ0n) is 37.2. The van der Waals surface area contributed by atoms with Crippen LogP contribution in [0.1, 0.15) is 140 Å². The van der Waals surface area contributed by atoms with Crippen LogP contribution >= 0.6 is 48.0 Å². The molecule has 5 aromatic carbocycles. The minimum absolute atomic E-state index is 0. The quantitative estimate of drug-likeness (QED) is 0.152. The van der Waals surface area contributed by atoms with Crippen molar-refractivity contribution in [1.82, 2.24) is 0 Å². The summed E-state index contributed by atoms with van der Waals surface area (Å²) < 4.78 is 4.66. The first-order valence-corrected chi connectivity index (χ1v) is 23.9. The van der Waals surface area contributed by atoms with Crippen LogP contribution in [-0.4, -0.2) is 7.42 Å². The van der Waals surface area contributed by atoms with Crippen LogP contribution in [0.3, 0.4) is 0 Å². The van der Waals surface area contributed by atoms with Gasteiger partial charge in [-0.1, -0.05) is 119 Å². The maximum atomic E-state index is 5.84. The van der Waals surface area contributed by atoms with Gasteiger partial charge in [-0.25, -0.2) is 11.6 Å². The Morgan fingerprint density at radius 1 is 0.610 bits per heavy atom. The Morgan fingerprint density at radius 2 is 1.10 bits per heavy atom. The topological polar surface area (TPSA) is 0 Å². The second-order valence-corrected chi connectivity index (χ2v) is 23.3. The third-order valence-corrected chi connectivity index (χ3v) is 14.3. The first-order valence-electron chi connectivity index (χ1n) is 20.3. The fourth-order valence-corrected chi connectivity index (χ4v) is 10.5. The summed E-state index contributed by atoms with van der Waals surface area (Å²) in [6, 6.07) is 34.4. The molecule has 0 fully saturated rings. The van der Waals surface area contributed by atoms with Crippen molar-refractivity contribution in [3.05, 3.63) is 169 Å². The zero-order chi connectivity index (χ0) is 41.7. The number of benzene rings is 4. The van der Waals surface area contributed by atoms with Crippen LogP contribution in [0.15, 0.2) is 103 Å². The van der Waals surface area contributed by atoms with E-state index in [0.717, 1.165) is 16.5 Å². The summed E-state index contributed by atoms with van der Waals surface area (Å²) in [5.74, 6) is 0. The van der Waals surface area contributed by atoms with Gasteiger partial charge < -0.3 is 0 Å². The second kappa shape index (κ2) is 18.5. The molecule has 0 bridgehead atoms. The monoisotopic (exact) mass is 940 g/mol. The van der Waals surface area contributed by atoms with Crippen LogP contribution < -0.4 is 0 Å². The molecule has 8 rings (SSSR count). The average Bonchev–Trinajstić information content (AvgIpc) is 3.89. The second-order valence-electron chi connectivity index (χ2n) is 20.2. The van der Waals surface area contributed by atoms with Gasteiger partial charge >= 0.3 is 123 Å². The molecule has 0 saturated heterocycles. The molecule has 0 nitrogen and oxygen atoms in total. The molecule has 0 heterocycles. The van der Waals surface area contributed by atoms with Crippen LogP contribution in [0, 0.1) is 16.9 Å². The van der Waals surface area contributed by atoms with E-state index in [1.165, 1.54) is 72.3 Å². The van der Waals surface area contributed by atoms with Crippen molar-refractivity contribution in [1.29, 1.82) is 0 Å². The Bertz CT molecular complexity index is 2250. The zero-order valence-corrected chi connectivity index (χ0v) is 42.9. The van der Waals surface area contributed by atoms with E-state index in [2.05, 4.69) is 182 Å². The molecule has 0 radical (unpaired) electrons. The van der Waals surface area contributed by atoms with Gasteiger partial charge in [0.2, 0.25) is 0 Å².